The van der Waals surface area contributed by atoms with Crippen molar-refractivity contribution in [3.05, 3.63) is 46.2 Å². The molecule has 128 valence electrons. The van der Waals surface area contributed by atoms with E-state index < -0.39 is 5.97 Å². The normalized spacial score (nSPS) is 10.6. The van der Waals surface area contributed by atoms with Crippen molar-refractivity contribution in [1.29, 1.82) is 0 Å². The van der Waals surface area contributed by atoms with E-state index >= 15 is 0 Å². The SMILES string of the molecule is Nc1nc(N)nc(COC(=O)Cc2csc(-c3cccc(Cl)c3)n2)n1. The predicted octanol–water partition coefficient (Wildman–Crippen LogP) is 2.10. The van der Waals surface area contributed by atoms with Gasteiger partial charge in [-0.3, -0.25) is 4.79 Å². The Hall–Kier alpha value is -2.78. The molecule has 0 amide bonds. The van der Waals surface area contributed by atoms with Gasteiger partial charge in [-0.1, -0.05) is 23.7 Å². The van der Waals surface area contributed by atoms with Crippen molar-refractivity contribution < 1.29 is 9.53 Å². The largest absolute Gasteiger partial charge is 0.457 e. The Labute approximate surface area is 151 Å². The van der Waals surface area contributed by atoms with Gasteiger partial charge in [-0.2, -0.15) is 15.0 Å². The van der Waals surface area contributed by atoms with Gasteiger partial charge in [-0.05, 0) is 12.1 Å². The molecule has 0 spiro atoms. The van der Waals surface area contributed by atoms with Crippen molar-refractivity contribution in [3.63, 3.8) is 0 Å². The average molecular weight is 377 g/mol. The number of halogens is 1. The third-order valence-electron chi connectivity index (χ3n) is 3.03. The van der Waals surface area contributed by atoms with E-state index in [9.17, 15) is 4.79 Å². The minimum absolute atomic E-state index is 0.0239. The van der Waals surface area contributed by atoms with Crippen molar-refractivity contribution in [2.75, 3.05) is 11.5 Å². The molecule has 4 N–H and O–H groups in total. The summed E-state index contributed by atoms with van der Waals surface area (Å²) in [7, 11) is 0. The second-order valence-corrected chi connectivity index (χ2v) is 6.25. The highest BCUT2D eigenvalue weighted by Crippen LogP contribution is 2.26. The van der Waals surface area contributed by atoms with Crippen molar-refractivity contribution >= 4 is 40.8 Å². The van der Waals surface area contributed by atoms with E-state index in [-0.39, 0.29) is 30.7 Å². The first-order valence-electron chi connectivity index (χ1n) is 7.11. The lowest BCUT2D eigenvalue weighted by Crippen LogP contribution is -2.12. The fraction of sp³-hybridized carbons (Fsp3) is 0.133. The van der Waals surface area contributed by atoms with E-state index in [4.69, 9.17) is 27.8 Å². The fourth-order valence-corrected chi connectivity index (χ4v) is 3.01. The first kappa shape index (κ1) is 17.1. The molecule has 10 heteroatoms. The van der Waals surface area contributed by atoms with Crippen LogP contribution in [0.1, 0.15) is 11.5 Å². The van der Waals surface area contributed by atoms with Crippen LogP contribution in [0.5, 0.6) is 0 Å². The number of hydrogen-bond acceptors (Lipinski definition) is 9. The number of nitrogen functional groups attached to an aromatic ring is 2. The molecule has 25 heavy (non-hydrogen) atoms. The van der Waals surface area contributed by atoms with Gasteiger partial charge in [0.15, 0.2) is 12.4 Å². The Morgan fingerprint density at radius 1 is 1.16 bits per heavy atom. The maximum Gasteiger partial charge on any atom is 0.312 e. The van der Waals surface area contributed by atoms with Crippen molar-refractivity contribution in [3.8, 4) is 10.6 Å². The predicted molar refractivity (Wildman–Crippen MR) is 94.7 cm³/mol. The van der Waals surface area contributed by atoms with Gasteiger partial charge in [0.1, 0.15) is 5.01 Å². The number of carbonyl (C=O) groups excluding carboxylic acids is 1. The maximum atomic E-state index is 11.9. The smallest absolute Gasteiger partial charge is 0.312 e. The van der Waals surface area contributed by atoms with Gasteiger partial charge in [0.05, 0.1) is 12.1 Å². The van der Waals surface area contributed by atoms with E-state index in [1.54, 1.807) is 11.4 Å². The molecule has 0 aliphatic heterocycles. The minimum Gasteiger partial charge on any atom is -0.457 e. The van der Waals surface area contributed by atoms with Crippen LogP contribution in [0.3, 0.4) is 0 Å². The van der Waals surface area contributed by atoms with Crippen molar-refractivity contribution in [2.45, 2.75) is 13.0 Å². The second-order valence-electron chi connectivity index (χ2n) is 4.96. The van der Waals surface area contributed by atoms with Gasteiger partial charge in [0.2, 0.25) is 11.9 Å². The number of thiazole rings is 1. The standard InChI is InChI=1S/C15H13ClN6O2S/c16-9-3-1-2-8(4-9)13-19-10(7-25-13)5-12(23)24-6-11-20-14(17)22-15(18)21-11/h1-4,7H,5-6H2,(H4,17,18,20,21,22). The summed E-state index contributed by atoms with van der Waals surface area (Å²) in [6.07, 6.45) is 0.0348. The molecule has 0 aliphatic rings. The van der Waals surface area contributed by atoms with Crippen molar-refractivity contribution in [1.82, 2.24) is 19.9 Å². The zero-order chi connectivity index (χ0) is 17.8. The summed E-state index contributed by atoms with van der Waals surface area (Å²) in [5.74, 6) is -0.315. The van der Waals surface area contributed by atoms with Gasteiger partial charge in [-0.25, -0.2) is 4.98 Å². The van der Waals surface area contributed by atoms with Crippen molar-refractivity contribution in [2.24, 2.45) is 0 Å². The quantitative estimate of drug-likeness (QED) is 0.647. The molecule has 2 heterocycles. The Bertz CT molecular complexity index is 896. The molecular weight excluding hydrogens is 364 g/mol. The van der Waals surface area contributed by atoms with E-state index in [2.05, 4.69) is 19.9 Å². The molecule has 2 aromatic heterocycles. The lowest BCUT2D eigenvalue weighted by atomic mass is 10.2. The number of nitrogens with two attached hydrogens (primary N) is 2. The average Bonchev–Trinajstić information content (AvgIpc) is 3.00. The van der Waals surface area contributed by atoms with Gasteiger partial charge >= 0.3 is 5.97 Å². The number of aromatic nitrogens is 4. The number of rotatable bonds is 5. The van der Waals surface area contributed by atoms with Gasteiger partial charge < -0.3 is 16.2 Å². The number of ether oxygens (including phenoxy) is 1. The van der Waals surface area contributed by atoms with Gasteiger partial charge in [-0.15, -0.1) is 11.3 Å². The molecule has 0 bridgehead atoms. The summed E-state index contributed by atoms with van der Waals surface area (Å²) in [4.78, 5) is 27.7. The Morgan fingerprint density at radius 3 is 2.64 bits per heavy atom. The van der Waals surface area contributed by atoms with Crippen LogP contribution >= 0.6 is 22.9 Å². The summed E-state index contributed by atoms with van der Waals surface area (Å²) < 4.78 is 5.12. The number of hydrogen-bond donors (Lipinski definition) is 2. The molecule has 1 aromatic carbocycles. The number of nitrogens with zero attached hydrogens (tertiary/aromatic N) is 4. The first-order chi connectivity index (χ1) is 12.0. The number of esters is 1. The van der Waals surface area contributed by atoms with E-state index in [1.165, 1.54) is 11.3 Å². The maximum absolute atomic E-state index is 11.9. The molecule has 0 saturated carbocycles. The molecule has 3 aromatic rings. The third-order valence-corrected chi connectivity index (χ3v) is 4.20. The topological polar surface area (TPSA) is 130 Å². The first-order valence-corrected chi connectivity index (χ1v) is 8.37. The highest BCUT2D eigenvalue weighted by atomic mass is 35.5. The zero-order valence-corrected chi connectivity index (χ0v) is 14.4. The monoisotopic (exact) mass is 376 g/mol. The van der Waals surface area contributed by atoms with Crippen LogP contribution in [0, 0.1) is 0 Å². The van der Waals surface area contributed by atoms with E-state index in [0.717, 1.165) is 10.6 Å². The molecule has 0 atom stereocenters. The third kappa shape index (κ3) is 4.61. The van der Waals surface area contributed by atoms with Crippen LogP contribution in [-0.2, 0) is 22.6 Å². The van der Waals surface area contributed by atoms with Crippen LogP contribution < -0.4 is 11.5 Å². The zero-order valence-electron chi connectivity index (χ0n) is 12.8. The fourth-order valence-electron chi connectivity index (χ4n) is 2.01. The van der Waals surface area contributed by atoms with Gasteiger partial charge in [0, 0.05) is 16.0 Å². The Balaban J connectivity index is 1.60. The summed E-state index contributed by atoms with van der Waals surface area (Å²) >= 11 is 7.40. The number of anilines is 2. The molecule has 0 unspecified atom stereocenters. The summed E-state index contributed by atoms with van der Waals surface area (Å²) in [5, 5.41) is 3.21. The summed E-state index contributed by atoms with van der Waals surface area (Å²) in [6.45, 7) is -0.138. The highest BCUT2D eigenvalue weighted by molar-refractivity contribution is 7.13. The molecule has 0 fully saturated rings. The summed E-state index contributed by atoms with van der Waals surface area (Å²) in [6, 6.07) is 7.36. The van der Waals surface area contributed by atoms with Crippen LogP contribution in [0.25, 0.3) is 10.6 Å². The molecule has 8 nitrogen and oxygen atoms in total. The van der Waals surface area contributed by atoms with Crippen LogP contribution in [-0.4, -0.2) is 25.9 Å². The van der Waals surface area contributed by atoms with Crippen LogP contribution in [0.4, 0.5) is 11.9 Å². The summed E-state index contributed by atoms with van der Waals surface area (Å²) in [5.41, 5.74) is 12.4. The van der Waals surface area contributed by atoms with E-state index in [0.29, 0.717) is 10.7 Å². The minimum atomic E-state index is -0.458. The molecular formula is C15H13ClN6O2S. The lowest BCUT2D eigenvalue weighted by Gasteiger charge is -2.04. The number of carbonyl (C=O) groups is 1. The van der Waals surface area contributed by atoms with E-state index in [1.807, 2.05) is 18.2 Å². The van der Waals surface area contributed by atoms with Gasteiger partial charge in [0.25, 0.3) is 0 Å². The van der Waals surface area contributed by atoms with Crippen LogP contribution in [0.2, 0.25) is 5.02 Å². The highest BCUT2D eigenvalue weighted by Gasteiger charge is 2.12. The lowest BCUT2D eigenvalue weighted by molar-refractivity contribution is -0.144. The molecule has 0 saturated heterocycles. The van der Waals surface area contributed by atoms with Crippen LogP contribution in [0.15, 0.2) is 29.6 Å². The Morgan fingerprint density at radius 2 is 1.92 bits per heavy atom. The molecule has 3 rings (SSSR count). The Kier molecular flexibility index (Phi) is 5.05. The molecule has 0 radical (unpaired) electrons. The number of benzene rings is 1. The second kappa shape index (κ2) is 7.41. The molecule has 0 aliphatic carbocycles.